The first-order valence-corrected chi connectivity index (χ1v) is 6.92. The fourth-order valence-electron chi connectivity index (χ4n) is 2.52. The average molecular weight is 293 g/mol. The monoisotopic (exact) mass is 293 g/mol. The Morgan fingerprint density at radius 1 is 1.43 bits per heavy atom. The molecule has 0 aromatic heterocycles. The van der Waals surface area contributed by atoms with Crippen molar-refractivity contribution < 1.29 is 14.8 Å². The molecule has 0 radical (unpaired) electrons. The van der Waals surface area contributed by atoms with Crippen molar-refractivity contribution in [3.63, 3.8) is 0 Å². The molecule has 1 amide bonds. The number of carbonyl (C=O) groups excluding carboxylic acids is 1. The van der Waals surface area contributed by atoms with Gasteiger partial charge in [0.2, 0.25) is 5.91 Å². The van der Waals surface area contributed by atoms with E-state index in [2.05, 4.69) is 10.6 Å². The molecule has 0 spiro atoms. The molecule has 114 valence electrons. The lowest BCUT2D eigenvalue weighted by molar-refractivity contribution is -0.383. The number of benzene rings is 1. The highest BCUT2D eigenvalue weighted by Gasteiger charge is 2.23. The second-order valence-electron chi connectivity index (χ2n) is 5.46. The molecule has 7 heteroatoms. The predicted octanol–water partition coefficient (Wildman–Crippen LogP) is 2.05. The van der Waals surface area contributed by atoms with Gasteiger partial charge in [-0.1, -0.05) is 0 Å². The first-order chi connectivity index (χ1) is 9.86. The maximum Gasteiger partial charge on any atom is 0.294 e. The minimum absolute atomic E-state index is 0.0756. The normalized spacial score (nSPS) is 16.6. The summed E-state index contributed by atoms with van der Waals surface area (Å²) < 4.78 is 0. The molecule has 3 N–H and O–H groups in total. The fourth-order valence-corrected chi connectivity index (χ4v) is 2.52. The second-order valence-corrected chi connectivity index (χ2v) is 5.46. The molecule has 0 saturated heterocycles. The van der Waals surface area contributed by atoms with Crippen molar-refractivity contribution >= 4 is 23.0 Å². The van der Waals surface area contributed by atoms with Gasteiger partial charge in [0.15, 0.2) is 0 Å². The highest BCUT2D eigenvalue weighted by molar-refractivity contribution is 5.95. The Kier molecular flexibility index (Phi) is 4.42. The number of amides is 1. The van der Waals surface area contributed by atoms with Crippen LogP contribution in [0.3, 0.4) is 0 Å². The Balaban J connectivity index is 2.31. The van der Waals surface area contributed by atoms with Crippen LogP contribution in [0.5, 0.6) is 0 Å². The maximum absolute atomic E-state index is 11.4. The third-order valence-corrected chi connectivity index (χ3v) is 3.41. The van der Waals surface area contributed by atoms with E-state index in [9.17, 15) is 20.0 Å². The largest absolute Gasteiger partial charge is 0.393 e. The number of aliphatic hydroxyl groups excluding tert-OH is 1. The number of carbonyl (C=O) groups is 1. The fraction of sp³-hybridized carbons (Fsp3) is 0.500. The lowest BCUT2D eigenvalue weighted by Crippen LogP contribution is -2.23. The van der Waals surface area contributed by atoms with Gasteiger partial charge in [0, 0.05) is 18.5 Å². The molecule has 2 atom stereocenters. The minimum atomic E-state index is -0.483. The Bertz CT molecular complexity index is 572. The molecule has 0 aliphatic carbocycles. The third-order valence-electron chi connectivity index (χ3n) is 3.41. The van der Waals surface area contributed by atoms with Gasteiger partial charge in [0.25, 0.3) is 5.69 Å². The zero-order valence-electron chi connectivity index (χ0n) is 12.0. The van der Waals surface area contributed by atoms with Crippen molar-refractivity contribution in [1.82, 2.24) is 0 Å². The van der Waals surface area contributed by atoms with Crippen molar-refractivity contribution in [2.24, 2.45) is 0 Å². The Hall–Kier alpha value is -2.15. The van der Waals surface area contributed by atoms with E-state index in [1.165, 1.54) is 6.07 Å². The second kappa shape index (κ2) is 6.09. The molecule has 2 rings (SSSR count). The number of nitrogens with zero attached hydrogens (tertiary/aromatic N) is 1. The number of anilines is 2. The predicted molar refractivity (Wildman–Crippen MR) is 79.4 cm³/mol. The number of hydrogen-bond donors (Lipinski definition) is 3. The number of fused-ring (bicyclic) bond motifs is 1. The molecule has 0 fully saturated rings. The number of nitrogens with one attached hydrogen (secondary N) is 2. The molecule has 1 aromatic carbocycles. The quantitative estimate of drug-likeness (QED) is 0.569. The summed E-state index contributed by atoms with van der Waals surface area (Å²) in [5.74, 6) is -0.125. The molecule has 1 aromatic rings. The van der Waals surface area contributed by atoms with E-state index in [1.54, 1.807) is 13.0 Å². The Morgan fingerprint density at radius 3 is 2.76 bits per heavy atom. The van der Waals surface area contributed by atoms with Crippen LogP contribution in [0.15, 0.2) is 12.1 Å². The number of hydrogen-bond acceptors (Lipinski definition) is 5. The van der Waals surface area contributed by atoms with Gasteiger partial charge in [0.1, 0.15) is 5.69 Å². The summed E-state index contributed by atoms with van der Waals surface area (Å²) in [6.07, 6.45) is 0.959. The molecule has 0 saturated carbocycles. The van der Waals surface area contributed by atoms with Crippen LogP contribution < -0.4 is 10.6 Å². The van der Waals surface area contributed by atoms with Crippen LogP contribution in [0.2, 0.25) is 0 Å². The van der Waals surface area contributed by atoms with Crippen molar-refractivity contribution in [3.8, 4) is 0 Å². The van der Waals surface area contributed by atoms with Crippen LogP contribution in [0.25, 0.3) is 0 Å². The molecule has 21 heavy (non-hydrogen) atoms. The lowest BCUT2D eigenvalue weighted by Gasteiger charge is -2.21. The summed E-state index contributed by atoms with van der Waals surface area (Å²) in [7, 11) is 0. The summed E-state index contributed by atoms with van der Waals surface area (Å²) in [6.45, 7) is 3.53. The molecule has 7 nitrogen and oxygen atoms in total. The number of nitro groups is 1. The number of aryl methyl sites for hydroxylation is 1. The Labute approximate surface area is 122 Å². The highest BCUT2D eigenvalue weighted by atomic mass is 16.6. The topological polar surface area (TPSA) is 104 Å². The van der Waals surface area contributed by atoms with Gasteiger partial charge in [-0.3, -0.25) is 14.9 Å². The van der Waals surface area contributed by atoms with E-state index in [0.29, 0.717) is 30.6 Å². The average Bonchev–Trinajstić information content (AvgIpc) is 2.37. The number of rotatable bonds is 5. The van der Waals surface area contributed by atoms with Gasteiger partial charge in [-0.05, 0) is 38.3 Å². The van der Waals surface area contributed by atoms with Crippen LogP contribution >= 0.6 is 0 Å². The standard InChI is InChI=1S/C14H19N3O4/c1-8(5-9(2)18)15-12-6-10-3-4-14(19)16-11(10)7-13(12)17(20)21/h6-9,15,18H,3-5H2,1-2H3,(H,16,19). The molecular weight excluding hydrogens is 274 g/mol. The van der Waals surface area contributed by atoms with E-state index < -0.39 is 11.0 Å². The van der Waals surface area contributed by atoms with Crippen LogP contribution in [-0.2, 0) is 11.2 Å². The van der Waals surface area contributed by atoms with Gasteiger partial charge in [0.05, 0.1) is 16.7 Å². The van der Waals surface area contributed by atoms with Gasteiger partial charge in [-0.2, -0.15) is 0 Å². The first-order valence-electron chi connectivity index (χ1n) is 6.92. The van der Waals surface area contributed by atoms with Crippen molar-refractivity contribution in [2.45, 2.75) is 45.3 Å². The van der Waals surface area contributed by atoms with Crippen LogP contribution in [0.1, 0.15) is 32.3 Å². The van der Waals surface area contributed by atoms with E-state index in [-0.39, 0.29) is 17.6 Å². The summed E-state index contributed by atoms with van der Waals surface area (Å²) >= 11 is 0. The smallest absolute Gasteiger partial charge is 0.294 e. The first kappa shape index (κ1) is 15.2. The van der Waals surface area contributed by atoms with Crippen LogP contribution in [0, 0.1) is 10.1 Å². The van der Waals surface area contributed by atoms with Crippen molar-refractivity contribution in [2.75, 3.05) is 10.6 Å². The highest BCUT2D eigenvalue weighted by Crippen LogP contribution is 2.34. The zero-order chi connectivity index (χ0) is 15.6. The van der Waals surface area contributed by atoms with Crippen molar-refractivity contribution in [1.29, 1.82) is 0 Å². The number of nitro benzene ring substituents is 1. The third kappa shape index (κ3) is 3.69. The van der Waals surface area contributed by atoms with E-state index >= 15 is 0 Å². The van der Waals surface area contributed by atoms with E-state index in [4.69, 9.17) is 0 Å². The van der Waals surface area contributed by atoms with Gasteiger partial charge in [-0.15, -0.1) is 0 Å². The SMILES string of the molecule is CC(O)CC(C)Nc1cc2c(cc1[N+](=O)[O-])NC(=O)CC2. The summed E-state index contributed by atoms with van der Waals surface area (Å²) in [4.78, 5) is 22.1. The lowest BCUT2D eigenvalue weighted by atomic mass is 10.0. The number of aliphatic hydroxyl groups is 1. The molecule has 1 heterocycles. The van der Waals surface area contributed by atoms with E-state index in [0.717, 1.165) is 5.56 Å². The molecule has 2 unspecified atom stereocenters. The van der Waals surface area contributed by atoms with Crippen LogP contribution in [0.4, 0.5) is 17.1 Å². The molecule has 1 aliphatic rings. The van der Waals surface area contributed by atoms with Crippen molar-refractivity contribution in [3.05, 3.63) is 27.8 Å². The van der Waals surface area contributed by atoms with Crippen LogP contribution in [-0.4, -0.2) is 28.1 Å². The summed E-state index contributed by atoms with van der Waals surface area (Å²) in [5.41, 5.74) is 1.73. The minimum Gasteiger partial charge on any atom is -0.393 e. The van der Waals surface area contributed by atoms with E-state index in [1.807, 2.05) is 6.92 Å². The van der Waals surface area contributed by atoms with Gasteiger partial charge >= 0.3 is 0 Å². The van der Waals surface area contributed by atoms with Gasteiger partial charge < -0.3 is 15.7 Å². The summed E-state index contributed by atoms with van der Waals surface area (Å²) in [5, 5.41) is 26.3. The Morgan fingerprint density at radius 2 is 2.14 bits per heavy atom. The molecule has 0 bridgehead atoms. The maximum atomic E-state index is 11.4. The summed E-state index contributed by atoms with van der Waals surface area (Å²) in [6, 6.07) is 3.01. The molecular formula is C14H19N3O4. The zero-order valence-corrected chi connectivity index (χ0v) is 12.0. The van der Waals surface area contributed by atoms with Gasteiger partial charge in [-0.25, -0.2) is 0 Å². The molecule has 1 aliphatic heterocycles.